The van der Waals surface area contributed by atoms with Crippen LogP contribution in [0.5, 0.6) is 0 Å². The standard InChI is InChI=1S/C11H20N2O/c1-11(2,3)14-7-6-13-5-4-10(8-12)9-13/h4-5,9H,6-8,12H2,1-3H3. The van der Waals surface area contributed by atoms with E-state index < -0.39 is 0 Å². The molecule has 3 heteroatoms. The monoisotopic (exact) mass is 196 g/mol. The highest BCUT2D eigenvalue weighted by Gasteiger charge is 2.08. The Balaban J connectivity index is 2.31. The smallest absolute Gasteiger partial charge is 0.0652 e. The summed E-state index contributed by atoms with van der Waals surface area (Å²) in [6.45, 7) is 8.42. The first-order chi connectivity index (χ1) is 6.51. The van der Waals surface area contributed by atoms with Crippen molar-refractivity contribution >= 4 is 0 Å². The van der Waals surface area contributed by atoms with Crippen molar-refractivity contribution < 1.29 is 4.74 Å². The fourth-order valence-electron chi connectivity index (χ4n) is 1.21. The van der Waals surface area contributed by atoms with Crippen LogP contribution < -0.4 is 5.73 Å². The molecule has 0 amide bonds. The van der Waals surface area contributed by atoms with Gasteiger partial charge in [-0.05, 0) is 32.4 Å². The zero-order chi connectivity index (χ0) is 10.6. The predicted molar refractivity (Wildman–Crippen MR) is 58.0 cm³/mol. The third-order valence-corrected chi connectivity index (χ3v) is 1.93. The normalized spacial score (nSPS) is 12.0. The number of ether oxygens (including phenoxy) is 1. The Kier molecular flexibility index (Phi) is 3.72. The molecule has 0 spiro atoms. The van der Waals surface area contributed by atoms with Crippen LogP contribution in [0.2, 0.25) is 0 Å². The maximum atomic E-state index is 5.62. The van der Waals surface area contributed by atoms with Gasteiger partial charge in [-0.25, -0.2) is 0 Å². The highest BCUT2D eigenvalue weighted by Crippen LogP contribution is 2.07. The molecule has 80 valence electrons. The van der Waals surface area contributed by atoms with E-state index in [0.29, 0.717) is 6.54 Å². The summed E-state index contributed by atoms with van der Waals surface area (Å²) < 4.78 is 7.73. The van der Waals surface area contributed by atoms with Crippen LogP contribution in [0.3, 0.4) is 0 Å². The van der Waals surface area contributed by atoms with Crippen LogP contribution in [-0.4, -0.2) is 16.8 Å². The molecule has 14 heavy (non-hydrogen) atoms. The van der Waals surface area contributed by atoms with Crippen LogP contribution >= 0.6 is 0 Å². The van der Waals surface area contributed by atoms with E-state index in [0.717, 1.165) is 13.2 Å². The Labute approximate surface area is 85.9 Å². The Morgan fingerprint density at radius 1 is 1.43 bits per heavy atom. The van der Waals surface area contributed by atoms with Crippen molar-refractivity contribution in [1.29, 1.82) is 0 Å². The molecule has 0 saturated carbocycles. The Bertz CT molecular complexity index is 273. The lowest BCUT2D eigenvalue weighted by atomic mass is 10.2. The molecule has 1 aromatic rings. The Morgan fingerprint density at radius 3 is 2.64 bits per heavy atom. The summed E-state index contributed by atoms with van der Waals surface area (Å²) >= 11 is 0. The summed E-state index contributed by atoms with van der Waals surface area (Å²) in [6.07, 6.45) is 4.10. The third-order valence-electron chi connectivity index (χ3n) is 1.93. The van der Waals surface area contributed by atoms with Gasteiger partial charge in [-0.3, -0.25) is 0 Å². The lowest BCUT2D eigenvalue weighted by molar-refractivity contribution is -0.00679. The van der Waals surface area contributed by atoms with Gasteiger partial charge in [0, 0.05) is 25.5 Å². The molecule has 0 saturated heterocycles. The van der Waals surface area contributed by atoms with Crippen molar-refractivity contribution in [2.45, 2.75) is 39.5 Å². The zero-order valence-corrected chi connectivity index (χ0v) is 9.29. The molecule has 1 aromatic heterocycles. The van der Waals surface area contributed by atoms with Gasteiger partial charge in [-0.2, -0.15) is 0 Å². The second kappa shape index (κ2) is 4.62. The van der Waals surface area contributed by atoms with E-state index in [1.165, 1.54) is 5.56 Å². The maximum absolute atomic E-state index is 5.62. The topological polar surface area (TPSA) is 40.2 Å². The van der Waals surface area contributed by atoms with Gasteiger partial charge in [0.1, 0.15) is 0 Å². The average Bonchev–Trinajstić information content (AvgIpc) is 2.50. The first kappa shape index (κ1) is 11.3. The van der Waals surface area contributed by atoms with Gasteiger partial charge in [-0.15, -0.1) is 0 Å². The molecule has 0 aliphatic rings. The molecule has 0 aliphatic heterocycles. The fraction of sp³-hybridized carbons (Fsp3) is 0.636. The van der Waals surface area contributed by atoms with Crippen LogP contribution in [0.4, 0.5) is 0 Å². The van der Waals surface area contributed by atoms with E-state index in [4.69, 9.17) is 10.5 Å². The first-order valence-electron chi connectivity index (χ1n) is 5.00. The molecule has 0 unspecified atom stereocenters. The quantitative estimate of drug-likeness (QED) is 0.797. The molecular weight excluding hydrogens is 176 g/mol. The van der Waals surface area contributed by atoms with Crippen molar-refractivity contribution in [3.05, 3.63) is 24.0 Å². The molecule has 0 aliphatic carbocycles. The lowest BCUT2D eigenvalue weighted by Gasteiger charge is -2.19. The first-order valence-corrected chi connectivity index (χ1v) is 5.00. The minimum Gasteiger partial charge on any atom is -0.374 e. The molecule has 0 atom stereocenters. The number of hydrogen-bond donors (Lipinski definition) is 1. The maximum Gasteiger partial charge on any atom is 0.0652 e. The van der Waals surface area contributed by atoms with Crippen LogP contribution in [0.25, 0.3) is 0 Å². The van der Waals surface area contributed by atoms with E-state index in [1.807, 2.05) is 12.3 Å². The summed E-state index contributed by atoms with van der Waals surface area (Å²) in [5.41, 5.74) is 6.63. The molecule has 1 rings (SSSR count). The summed E-state index contributed by atoms with van der Waals surface area (Å²) in [4.78, 5) is 0. The third kappa shape index (κ3) is 3.94. The number of rotatable bonds is 4. The van der Waals surface area contributed by atoms with Crippen LogP contribution in [0, 0.1) is 0 Å². The van der Waals surface area contributed by atoms with Crippen molar-refractivity contribution in [1.82, 2.24) is 4.57 Å². The molecule has 0 fully saturated rings. The van der Waals surface area contributed by atoms with Gasteiger partial charge < -0.3 is 15.0 Å². The van der Waals surface area contributed by atoms with Gasteiger partial charge in [0.15, 0.2) is 0 Å². The molecule has 0 aromatic carbocycles. The van der Waals surface area contributed by atoms with Gasteiger partial charge in [-0.1, -0.05) is 0 Å². The van der Waals surface area contributed by atoms with E-state index in [9.17, 15) is 0 Å². The van der Waals surface area contributed by atoms with Gasteiger partial charge in [0.25, 0.3) is 0 Å². The number of nitrogens with two attached hydrogens (primary N) is 1. The van der Waals surface area contributed by atoms with Crippen molar-refractivity contribution in [3.63, 3.8) is 0 Å². The van der Waals surface area contributed by atoms with Gasteiger partial charge in [0.2, 0.25) is 0 Å². The summed E-state index contributed by atoms with van der Waals surface area (Å²) in [5.74, 6) is 0. The number of hydrogen-bond acceptors (Lipinski definition) is 2. The molecule has 3 nitrogen and oxygen atoms in total. The lowest BCUT2D eigenvalue weighted by Crippen LogP contribution is -2.21. The number of nitrogens with zero attached hydrogens (tertiary/aromatic N) is 1. The minimum absolute atomic E-state index is 0.0517. The molecule has 0 bridgehead atoms. The summed E-state index contributed by atoms with van der Waals surface area (Å²) in [5, 5.41) is 0. The molecule has 2 N–H and O–H groups in total. The van der Waals surface area contributed by atoms with Crippen LogP contribution in [-0.2, 0) is 17.8 Å². The zero-order valence-electron chi connectivity index (χ0n) is 9.29. The number of aromatic nitrogens is 1. The molecular formula is C11H20N2O. The van der Waals surface area contributed by atoms with E-state index in [1.54, 1.807) is 0 Å². The van der Waals surface area contributed by atoms with Crippen molar-refractivity contribution in [3.8, 4) is 0 Å². The predicted octanol–water partition coefficient (Wildman–Crippen LogP) is 1.76. The van der Waals surface area contributed by atoms with Crippen molar-refractivity contribution in [2.24, 2.45) is 5.73 Å². The van der Waals surface area contributed by atoms with E-state index in [-0.39, 0.29) is 5.60 Å². The second-order valence-corrected chi connectivity index (χ2v) is 4.42. The van der Waals surface area contributed by atoms with Gasteiger partial charge in [0.05, 0.1) is 12.2 Å². The highest BCUT2D eigenvalue weighted by molar-refractivity contribution is 5.09. The average molecular weight is 196 g/mol. The van der Waals surface area contributed by atoms with E-state index >= 15 is 0 Å². The summed E-state index contributed by atoms with van der Waals surface area (Å²) in [7, 11) is 0. The van der Waals surface area contributed by atoms with Crippen molar-refractivity contribution in [2.75, 3.05) is 6.61 Å². The Hall–Kier alpha value is -0.800. The largest absolute Gasteiger partial charge is 0.374 e. The Morgan fingerprint density at radius 2 is 2.14 bits per heavy atom. The van der Waals surface area contributed by atoms with E-state index in [2.05, 4.69) is 31.5 Å². The highest BCUT2D eigenvalue weighted by atomic mass is 16.5. The minimum atomic E-state index is -0.0517. The van der Waals surface area contributed by atoms with Crippen LogP contribution in [0.15, 0.2) is 18.5 Å². The second-order valence-electron chi connectivity index (χ2n) is 4.42. The van der Waals surface area contributed by atoms with Gasteiger partial charge >= 0.3 is 0 Å². The SMILES string of the molecule is CC(C)(C)OCCn1ccc(CN)c1. The molecule has 1 heterocycles. The van der Waals surface area contributed by atoms with Crippen LogP contribution in [0.1, 0.15) is 26.3 Å². The molecule has 0 radical (unpaired) electrons. The summed E-state index contributed by atoms with van der Waals surface area (Å²) in [6, 6.07) is 2.04. The fourth-order valence-corrected chi connectivity index (χ4v) is 1.21.